The Balaban J connectivity index is -0.000000253. The van der Waals surface area contributed by atoms with Gasteiger partial charge in [0.15, 0.2) is 0 Å². The molecular weight excluding hydrogens is 867 g/mol. The van der Waals surface area contributed by atoms with E-state index in [1.807, 2.05) is 6.08 Å². The minimum atomic E-state index is 0.557. The van der Waals surface area contributed by atoms with Crippen molar-refractivity contribution in [2.45, 2.75) is 188 Å². The third-order valence-corrected chi connectivity index (χ3v) is 10.8. The molecule has 0 bridgehead atoms. The molecule has 1 heterocycles. The van der Waals surface area contributed by atoms with Gasteiger partial charge < -0.3 is 47.9 Å². The largest absolute Gasteiger partial charge is 0.382 e. The predicted molar refractivity (Wildman–Crippen MR) is 297 cm³/mol. The Hall–Kier alpha value is -2.64. The number of hydrogen-bond donors (Lipinski definition) is 0. The highest BCUT2D eigenvalue weighted by molar-refractivity contribution is 5.50. The van der Waals surface area contributed by atoms with Gasteiger partial charge in [0.1, 0.15) is 25.1 Å². The van der Waals surface area contributed by atoms with Gasteiger partial charge in [0.2, 0.25) is 0 Å². The van der Waals surface area contributed by atoms with Crippen molar-refractivity contribution in [1.82, 2.24) is 14.7 Å². The smallest absolute Gasteiger partial charge is 0.121 e. The number of rotatable bonds is 42. The van der Waals surface area contributed by atoms with Crippen molar-refractivity contribution in [1.29, 1.82) is 0 Å². The highest BCUT2D eigenvalue weighted by atomic mass is 16.5. The van der Waals surface area contributed by atoms with Crippen LogP contribution in [0.15, 0.2) is 49.1 Å². The van der Waals surface area contributed by atoms with Gasteiger partial charge in [0.25, 0.3) is 0 Å². The Bertz CT molecular complexity index is 1010. The number of carbonyl (C=O) groups is 4. The van der Waals surface area contributed by atoms with Crippen molar-refractivity contribution in [3.8, 4) is 0 Å². The lowest BCUT2D eigenvalue weighted by atomic mass is 10.1. The van der Waals surface area contributed by atoms with Gasteiger partial charge in [-0.3, -0.25) is 4.90 Å². The zero-order valence-corrected chi connectivity index (χ0v) is 46.5. The van der Waals surface area contributed by atoms with Crippen LogP contribution in [0, 0.1) is 0 Å². The van der Waals surface area contributed by atoms with Crippen LogP contribution in [0.5, 0.6) is 0 Å². The third-order valence-electron chi connectivity index (χ3n) is 10.8. The summed E-state index contributed by atoms with van der Waals surface area (Å²) in [7, 11) is 8.76. The summed E-state index contributed by atoms with van der Waals surface area (Å²) in [5, 5.41) is 0. The number of unbranched alkanes of at least 4 members (excludes halogenated alkanes) is 18. The maximum absolute atomic E-state index is 10.4. The zero-order chi connectivity index (χ0) is 52.2. The molecule has 69 heavy (non-hydrogen) atoms. The monoisotopic (exact) mass is 980 g/mol. The number of hydrogen-bond acceptors (Lipinski definition) is 11. The molecule has 1 fully saturated rings. The van der Waals surface area contributed by atoms with Crippen LogP contribution in [0.25, 0.3) is 0 Å². The van der Waals surface area contributed by atoms with Crippen molar-refractivity contribution in [2.24, 2.45) is 0 Å². The van der Waals surface area contributed by atoms with E-state index in [1.54, 1.807) is 28.4 Å². The molecule has 11 heteroatoms. The quantitative estimate of drug-likeness (QED) is 0.0331. The number of methoxy groups -OCH3 is 4. The Morgan fingerprint density at radius 3 is 1.10 bits per heavy atom. The van der Waals surface area contributed by atoms with E-state index in [2.05, 4.69) is 105 Å². The van der Waals surface area contributed by atoms with Crippen molar-refractivity contribution < 1.29 is 38.1 Å². The van der Waals surface area contributed by atoms with E-state index in [1.165, 1.54) is 116 Å². The first kappa shape index (κ1) is 75.3. The zero-order valence-electron chi connectivity index (χ0n) is 46.5. The van der Waals surface area contributed by atoms with E-state index in [0.717, 1.165) is 116 Å². The van der Waals surface area contributed by atoms with Gasteiger partial charge in [-0.05, 0) is 71.3 Å². The van der Waals surface area contributed by atoms with Crippen LogP contribution in [0.2, 0.25) is 0 Å². The van der Waals surface area contributed by atoms with Crippen molar-refractivity contribution in [2.75, 3.05) is 114 Å². The Kier molecular flexibility index (Phi) is 83.8. The molecule has 0 radical (unpaired) electrons. The maximum atomic E-state index is 10.4. The summed E-state index contributed by atoms with van der Waals surface area (Å²) >= 11 is 0. The van der Waals surface area contributed by atoms with Crippen LogP contribution in [0.4, 0.5) is 0 Å². The Morgan fingerprint density at radius 1 is 0.420 bits per heavy atom. The Morgan fingerprint density at radius 2 is 0.754 bits per heavy atom. The molecule has 1 rings (SSSR count). The van der Waals surface area contributed by atoms with Crippen molar-refractivity contribution >= 4 is 25.1 Å². The first-order chi connectivity index (χ1) is 33.8. The molecule has 1 aliphatic rings. The Labute approximate surface area is 427 Å². The molecule has 408 valence electrons. The van der Waals surface area contributed by atoms with Crippen LogP contribution in [0.3, 0.4) is 0 Å². The van der Waals surface area contributed by atoms with Gasteiger partial charge in [-0.2, -0.15) is 0 Å². The molecule has 0 aromatic heterocycles. The lowest BCUT2D eigenvalue weighted by Crippen LogP contribution is -2.47. The molecule has 1 aliphatic heterocycles. The third kappa shape index (κ3) is 82.6. The minimum absolute atomic E-state index is 0.557. The molecule has 0 aromatic rings. The summed E-state index contributed by atoms with van der Waals surface area (Å²) < 4.78 is 18.6. The molecule has 0 aliphatic carbocycles. The van der Waals surface area contributed by atoms with Crippen LogP contribution in [0.1, 0.15) is 188 Å². The second-order valence-electron chi connectivity index (χ2n) is 17.3. The SMILES string of the molecule is C=CC/C=C\CCCCCCCC=O.CCCCC/C=C\C/C=C\CCCCCCCC=O.CCCCCC.CN1CCN(CCN(CCC=O)CCC=O)CC1.COCCOC.COCCOC. The molecule has 0 spiro atoms. The predicted octanol–water partition coefficient (Wildman–Crippen LogP) is 12.9. The highest BCUT2D eigenvalue weighted by Crippen LogP contribution is 2.09. The minimum Gasteiger partial charge on any atom is -0.382 e. The van der Waals surface area contributed by atoms with E-state index in [0.29, 0.717) is 39.3 Å². The second kappa shape index (κ2) is 76.8. The van der Waals surface area contributed by atoms with Gasteiger partial charge in [0, 0.05) is 106 Å². The van der Waals surface area contributed by atoms with Crippen LogP contribution >= 0.6 is 0 Å². The van der Waals surface area contributed by atoms with E-state index < -0.39 is 0 Å². The first-order valence-corrected chi connectivity index (χ1v) is 27.2. The number of likely N-dealkylation sites (N-methyl/N-ethyl adjacent to an activating group) is 1. The first-order valence-electron chi connectivity index (χ1n) is 27.2. The maximum Gasteiger partial charge on any atom is 0.121 e. The molecule has 0 aromatic carbocycles. The molecule has 0 unspecified atom stereocenters. The number of ether oxygens (including phenoxy) is 4. The fraction of sp³-hybridized carbons (Fsp3) is 0.793. The van der Waals surface area contributed by atoms with E-state index in [4.69, 9.17) is 0 Å². The van der Waals surface area contributed by atoms with E-state index in [9.17, 15) is 19.2 Å². The standard InChI is InChI=1S/C18H32O.C13H25N3O2.C13H22O.C6H14.2C4H10O2/c1-2-3-4-5-6-7-8-9-10-11-12-13-14-15-16-17-18-19;1-14-6-8-16(9-7-14)11-10-15(4-2-12-17)5-3-13-18;1-2-3-4-5-6-7-8-9-10-11-12-13-14;1-3-5-6-4-2;2*1-5-3-4-6-2/h6-7,9-10,18H,2-5,8,11-17H2,1H3;12-13H,2-11H2,1H3;2,4-5,13H,1,3,6-12H2;3-6H2,1-2H3;2*3-4H2,1-2H3/b7-6-,10-9-;;5-4-;;;. The van der Waals surface area contributed by atoms with Gasteiger partial charge in [-0.15, -0.1) is 6.58 Å². The molecular formula is C58H113N3O8. The van der Waals surface area contributed by atoms with Crippen LogP contribution in [-0.2, 0) is 38.1 Å². The highest BCUT2D eigenvalue weighted by Gasteiger charge is 2.14. The number of nitrogens with zero attached hydrogens (tertiary/aromatic N) is 3. The molecule has 0 amide bonds. The topological polar surface area (TPSA) is 115 Å². The van der Waals surface area contributed by atoms with Crippen molar-refractivity contribution in [3.63, 3.8) is 0 Å². The van der Waals surface area contributed by atoms with Gasteiger partial charge in [-0.25, -0.2) is 0 Å². The lowest BCUT2D eigenvalue weighted by molar-refractivity contribution is -0.109. The summed E-state index contributed by atoms with van der Waals surface area (Å²) in [6.45, 7) is 21.1. The summed E-state index contributed by atoms with van der Waals surface area (Å²) in [6.07, 6.45) is 49.5. The molecule has 0 N–H and O–H groups in total. The van der Waals surface area contributed by atoms with Crippen molar-refractivity contribution in [3.05, 3.63) is 49.1 Å². The van der Waals surface area contributed by atoms with Crippen LogP contribution < -0.4 is 0 Å². The number of allylic oxidation sites excluding steroid dienone is 7. The average Bonchev–Trinajstić information content (AvgIpc) is 3.37. The normalized spacial score (nSPS) is 12.4. The van der Waals surface area contributed by atoms with E-state index in [-0.39, 0.29) is 0 Å². The number of carbonyl (C=O) groups excluding carboxylic acids is 4. The summed E-state index contributed by atoms with van der Waals surface area (Å²) in [4.78, 5) is 48.0. The fourth-order valence-corrected chi connectivity index (χ4v) is 6.36. The van der Waals surface area contributed by atoms with Gasteiger partial charge in [-0.1, -0.05) is 140 Å². The summed E-state index contributed by atoms with van der Waals surface area (Å²) in [6, 6.07) is 0. The number of aldehydes is 4. The fourth-order valence-electron chi connectivity index (χ4n) is 6.36. The molecule has 11 nitrogen and oxygen atoms in total. The average molecular weight is 981 g/mol. The van der Waals surface area contributed by atoms with Gasteiger partial charge in [0.05, 0.1) is 26.4 Å². The molecule has 0 atom stereocenters. The van der Waals surface area contributed by atoms with Crippen LogP contribution in [-0.4, -0.2) is 154 Å². The second-order valence-corrected chi connectivity index (χ2v) is 17.3. The molecule has 1 saturated heterocycles. The summed E-state index contributed by atoms with van der Waals surface area (Å²) in [5.41, 5.74) is 0. The summed E-state index contributed by atoms with van der Waals surface area (Å²) in [5.74, 6) is 0. The van der Waals surface area contributed by atoms with E-state index >= 15 is 0 Å². The molecule has 0 saturated carbocycles. The lowest BCUT2D eigenvalue weighted by Gasteiger charge is -2.33. The van der Waals surface area contributed by atoms with Gasteiger partial charge >= 0.3 is 0 Å². The number of piperazine rings is 1.